The molecular weight excluding hydrogens is 291 g/mol. The van der Waals surface area contributed by atoms with Crippen LogP contribution in [0.25, 0.3) is 11.1 Å². The third-order valence-electron chi connectivity index (χ3n) is 3.53. The minimum absolute atomic E-state index is 0.271. The Labute approximate surface area is 134 Å². The van der Waals surface area contributed by atoms with Crippen molar-refractivity contribution in [2.24, 2.45) is 0 Å². The fourth-order valence-corrected chi connectivity index (χ4v) is 2.21. The van der Waals surface area contributed by atoms with Crippen LogP contribution in [0.3, 0.4) is 0 Å². The molecule has 0 radical (unpaired) electrons. The van der Waals surface area contributed by atoms with Crippen LogP contribution in [-0.2, 0) is 0 Å². The van der Waals surface area contributed by atoms with Crippen LogP contribution < -0.4 is 4.74 Å². The number of hydrogen-bond acceptors (Lipinski definition) is 2. The van der Waals surface area contributed by atoms with Gasteiger partial charge in [0.1, 0.15) is 11.6 Å². The van der Waals surface area contributed by atoms with Crippen LogP contribution in [-0.4, -0.2) is 5.97 Å². The van der Waals surface area contributed by atoms with Gasteiger partial charge in [-0.2, -0.15) is 0 Å². The lowest BCUT2D eigenvalue weighted by atomic mass is 10.0. The van der Waals surface area contributed by atoms with Crippen LogP contribution in [0.2, 0.25) is 0 Å². The largest absolute Gasteiger partial charge is 0.423 e. The average Bonchev–Trinajstić information content (AvgIpc) is 2.58. The van der Waals surface area contributed by atoms with E-state index in [9.17, 15) is 9.18 Å². The molecule has 0 aliphatic heterocycles. The predicted octanol–water partition coefficient (Wildman–Crippen LogP) is 5.02. The van der Waals surface area contributed by atoms with E-state index < -0.39 is 5.97 Å². The number of hydrogen-bond donors (Lipinski definition) is 0. The van der Waals surface area contributed by atoms with Crippen molar-refractivity contribution in [2.75, 3.05) is 0 Å². The van der Waals surface area contributed by atoms with Gasteiger partial charge in [-0.25, -0.2) is 9.18 Å². The van der Waals surface area contributed by atoms with E-state index in [0.29, 0.717) is 11.3 Å². The summed E-state index contributed by atoms with van der Waals surface area (Å²) in [7, 11) is 0. The zero-order chi connectivity index (χ0) is 16.2. The Kier molecular flexibility index (Phi) is 4.20. The Morgan fingerprint density at radius 2 is 1.30 bits per heavy atom. The predicted molar refractivity (Wildman–Crippen MR) is 88.0 cm³/mol. The van der Waals surface area contributed by atoms with Gasteiger partial charge < -0.3 is 4.74 Å². The smallest absolute Gasteiger partial charge is 0.343 e. The molecule has 3 rings (SSSR count). The summed E-state index contributed by atoms with van der Waals surface area (Å²) < 4.78 is 18.3. The van der Waals surface area contributed by atoms with E-state index in [4.69, 9.17) is 4.74 Å². The summed E-state index contributed by atoms with van der Waals surface area (Å²) >= 11 is 0. The second kappa shape index (κ2) is 6.44. The number of ether oxygens (including phenoxy) is 1. The van der Waals surface area contributed by atoms with Crippen molar-refractivity contribution in [3.05, 3.63) is 89.7 Å². The summed E-state index contributed by atoms with van der Waals surface area (Å²) in [6.07, 6.45) is 0. The Hall–Kier alpha value is -2.94. The molecule has 0 spiro atoms. The van der Waals surface area contributed by atoms with Crippen molar-refractivity contribution >= 4 is 5.97 Å². The summed E-state index contributed by atoms with van der Waals surface area (Å²) in [4.78, 5) is 12.1. The monoisotopic (exact) mass is 306 g/mol. The molecule has 0 fully saturated rings. The van der Waals surface area contributed by atoms with Crippen molar-refractivity contribution in [3.8, 4) is 16.9 Å². The normalized spacial score (nSPS) is 10.3. The molecule has 0 amide bonds. The summed E-state index contributed by atoms with van der Waals surface area (Å²) in [5.74, 6) is -0.158. The molecule has 0 aromatic heterocycles. The van der Waals surface area contributed by atoms with Gasteiger partial charge in [0, 0.05) is 0 Å². The highest BCUT2D eigenvalue weighted by Gasteiger charge is 2.09. The molecule has 3 heteroatoms. The van der Waals surface area contributed by atoms with Gasteiger partial charge in [0.15, 0.2) is 0 Å². The zero-order valence-electron chi connectivity index (χ0n) is 12.6. The fourth-order valence-electron chi connectivity index (χ4n) is 2.21. The molecule has 0 N–H and O–H groups in total. The zero-order valence-corrected chi connectivity index (χ0v) is 12.6. The SMILES string of the molecule is Cc1ccc(OC(=O)c2ccc(-c3ccc(F)cc3)cc2)cc1. The number of carbonyl (C=O) groups is 1. The van der Waals surface area contributed by atoms with Gasteiger partial charge in [-0.05, 0) is 54.4 Å². The fraction of sp³-hybridized carbons (Fsp3) is 0.0500. The van der Waals surface area contributed by atoms with Gasteiger partial charge in [0.05, 0.1) is 5.56 Å². The Balaban J connectivity index is 1.74. The Morgan fingerprint density at radius 1 is 0.783 bits per heavy atom. The van der Waals surface area contributed by atoms with Crippen LogP contribution in [0.5, 0.6) is 5.75 Å². The maximum atomic E-state index is 12.9. The number of carbonyl (C=O) groups excluding carboxylic acids is 1. The standard InChI is InChI=1S/C20H15FO2/c1-14-2-12-19(13-3-14)23-20(22)17-6-4-15(5-7-17)16-8-10-18(21)11-9-16/h2-13H,1H3. The van der Waals surface area contributed by atoms with E-state index in [-0.39, 0.29) is 5.82 Å². The number of aryl methyl sites for hydroxylation is 1. The molecule has 0 saturated heterocycles. The third-order valence-corrected chi connectivity index (χ3v) is 3.53. The van der Waals surface area contributed by atoms with E-state index in [1.54, 1.807) is 36.4 Å². The highest BCUT2D eigenvalue weighted by Crippen LogP contribution is 2.21. The first-order valence-corrected chi connectivity index (χ1v) is 7.27. The average molecular weight is 306 g/mol. The molecule has 0 unspecified atom stereocenters. The second-order valence-electron chi connectivity index (χ2n) is 5.29. The van der Waals surface area contributed by atoms with Crippen LogP contribution in [0, 0.1) is 12.7 Å². The first kappa shape index (κ1) is 15.0. The van der Waals surface area contributed by atoms with Crippen LogP contribution >= 0.6 is 0 Å². The van der Waals surface area contributed by atoms with Crippen LogP contribution in [0.15, 0.2) is 72.8 Å². The summed E-state index contributed by atoms with van der Waals surface area (Å²) in [5, 5.41) is 0. The summed E-state index contributed by atoms with van der Waals surface area (Å²) in [6.45, 7) is 1.97. The summed E-state index contributed by atoms with van der Waals surface area (Å²) in [6, 6.07) is 20.6. The first-order valence-electron chi connectivity index (χ1n) is 7.27. The highest BCUT2D eigenvalue weighted by molar-refractivity contribution is 5.91. The van der Waals surface area contributed by atoms with E-state index in [1.165, 1.54) is 12.1 Å². The van der Waals surface area contributed by atoms with Gasteiger partial charge in [-0.15, -0.1) is 0 Å². The molecule has 23 heavy (non-hydrogen) atoms. The number of esters is 1. The Morgan fingerprint density at radius 3 is 1.87 bits per heavy atom. The van der Waals surface area contributed by atoms with Crippen molar-refractivity contribution < 1.29 is 13.9 Å². The number of rotatable bonds is 3. The lowest BCUT2D eigenvalue weighted by molar-refractivity contribution is 0.0735. The van der Waals surface area contributed by atoms with E-state index in [1.807, 2.05) is 31.2 Å². The molecule has 0 aliphatic carbocycles. The molecule has 0 saturated carbocycles. The molecule has 0 atom stereocenters. The lowest BCUT2D eigenvalue weighted by Crippen LogP contribution is -2.08. The number of benzene rings is 3. The maximum Gasteiger partial charge on any atom is 0.343 e. The van der Waals surface area contributed by atoms with Crippen LogP contribution in [0.4, 0.5) is 4.39 Å². The van der Waals surface area contributed by atoms with Crippen molar-refractivity contribution in [1.29, 1.82) is 0 Å². The summed E-state index contributed by atoms with van der Waals surface area (Å²) in [5.41, 5.74) is 3.38. The molecule has 114 valence electrons. The lowest BCUT2D eigenvalue weighted by Gasteiger charge is -2.06. The molecule has 0 aliphatic rings. The minimum Gasteiger partial charge on any atom is -0.423 e. The second-order valence-corrected chi connectivity index (χ2v) is 5.29. The van der Waals surface area contributed by atoms with Crippen molar-refractivity contribution in [1.82, 2.24) is 0 Å². The first-order chi connectivity index (χ1) is 11.1. The topological polar surface area (TPSA) is 26.3 Å². The molecule has 0 bridgehead atoms. The third kappa shape index (κ3) is 3.64. The molecule has 0 heterocycles. The van der Waals surface area contributed by atoms with Gasteiger partial charge in [0.2, 0.25) is 0 Å². The van der Waals surface area contributed by atoms with E-state index in [0.717, 1.165) is 16.7 Å². The molecule has 3 aromatic carbocycles. The van der Waals surface area contributed by atoms with Crippen molar-refractivity contribution in [2.45, 2.75) is 6.92 Å². The maximum absolute atomic E-state index is 12.9. The van der Waals surface area contributed by atoms with E-state index in [2.05, 4.69) is 0 Å². The molecular formula is C20H15FO2. The highest BCUT2D eigenvalue weighted by atomic mass is 19.1. The van der Waals surface area contributed by atoms with Gasteiger partial charge >= 0.3 is 5.97 Å². The minimum atomic E-state index is -0.403. The van der Waals surface area contributed by atoms with Crippen LogP contribution in [0.1, 0.15) is 15.9 Å². The van der Waals surface area contributed by atoms with E-state index >= 15 is 0 Å². The quantitative estimate of drug-likeness (QED) is 0.501. The van der Waals surface area contributed by atoms with Crippen molar-refractivity contribution in [3.63, 3.8) is 0 Å². The van der Waals surface area contributed by atoms with Gasteiger partial charge in [0.25, 0.3) is 0 Å². The molecule has 2 nitrogen and oxygen atoms in total. The molecule has 3 aromatic rings. The number of halogens is 1. The Bertz CT molecular complexity index is 804. The van der Waals surface area contributed by atoms with Gasteiger partial charge in [-0.3, -0.25) is 0 Å². The van der Waals surface area contributed by atoms with Gasteiger partial charge in [-0.1, -0.05) is 42.0 Å².